The van der Waals surface area contributed by atoms with Crippen molar-refractivity contribution in [2.45, 2.75) is 20.8 Å². The summed E-state index contributed by atoms with van der Waals surface area (Å²) in [4.78, 5) is 0. The standard InChI is InChI=1S/C18H21P.B/c1-15(18(2,3)4)19(16-11-7-5-8-12-16)17-13-9-6-10-14-17;/h5-14H,1H2,2-4H3;. The van der Waals surface area contributed by atoms with Gasteiger partial charge >= 0.3 is 0 Å². The lowest BCUT2D eigenvalue weighted by atomic mass is 9.97. The molecule has 20 heavy (non-hydrogen) atoms. The first-order valence-corrected chi connectivity index (χ1v) is 7.94. The second-order valence-electron chi connectivity index (χ2n) is 5.70. The molecule has 2 aromatic rings. The third kappa shape index (κ3) is 3.84. The molecule has 2 rings (SSSR count). The van der Waals surface area contributed by atoms with E-state index in [1.807, 2.05) is 0 Å². The van der Waals surface area contributed by atoms with Crippen molar-refractivity contribution in [3.8, 4) is 0 Å². The second kappa shape index (κ2) is 6.91. The van der Waals surface area contributed by atoms with Crippen molar-refractivity contribution < 1.29 is 0 Å². The van der Waals surface area contributed by atoms with Crippen LogP contribution in [-0.2, 0) is 0 Å². The average molecular weight is 279 g/mol. The van der Waals surface area contributed by atoms with Gasteiger partial charge in [-0.05, 0) is 29.3 Å². The van der Waals surface area contributed by atoms with Gasteiger partial charge in [-0.15, -0.1) is 0 Å². The van der Waals surface area contributed by atoms with Crippen LogP contribution in [0.4, 0.5) is 0 Å². The van der Waals surface area contributed by atoms with E-state index < -0.39 is 7.92 Å². The summed E-state index contributed by atoms with van der Waals surface area (Å²) in [7, 11) is -0.495. The Bertz CT molecular complexity index is 501. The maximum absolute atomic E-state index is 4.41. The van der Waals surface area contributed by atoms with Gasteiger partial charge in [0.2, 0.25) is 0 Å². The van der Waals surface area contributed by atoms with Crippen molar-refractivity contribution in [3.05, 3.63) is 72.6 Å². The van der Waals surface area contributed by atoms with Crippen molar-refractivity contribution in [1.82, 2.24) is 0 Å². The summed E-state index contributed by atoms with van der Waals surface area (Å²) in [5.41, 5.74) is 0.122. The largest absolute Gasteiger partial charge is 0.0942 e. The molecule has 0 aromatic heterocycles. The number of hydrogen-bond donors (Lipinski definition) is 0. The highest BCUT2D eigenvalue weighted by atomic mass is 31.1. The van der Waals surface area contributed by atoms with Gasteiger partial charge in [-0.1, -0.05) is 88.0 Å². The number of hydrogen-bond acceptors (Lipinski definition) is 0. The molecule has 0 saturated carbocycles. The van der Waals surface area contributed by atoms with Crippen LogP contribution in [0.3, 0.4) is 0 Å². The van der Waals surface area contributed by atoms with Gasteiger partial charge in [0.1, 0.15) is 0 Å². The van der Waals surface area contributed by atoms with Gasteiger partial charge in [-0.3, -0.25) is 0 Å². The van der Waals surface area contributed by atoms with Gasteiger partial charge in [0, 0.05) is 8.41 Å². The Balaban J connectivity index is 0.00000200. The SMILES string of the molecule is C=C(P(c1ccccc1)c1ccccc1)C(C)(C)C.[B]. The molecule has 0 aliphatic carbocycles. The Hall–Kier alpha value is -1.33. The molecule has 0 amide bonds. The molecular formula is C18H21BP. The van der Waals surface area contributed by atoms with Crippen LogP contribution in [0, 0.1) is 5.41 Å². The normalized spacial score (nSPS) is 11.0. The summed E-state index contributed by atoms with van der Waals surface area (Å²) >= 11 is 0. The lowest BCUT2D eigenvalue weighted by Gasteiger charge is -2.30. The third-order valence-corrected chi connectivity index (χ3v) is 6.00. The fourth-order valence-electron chi connectivity index (χ4n) is 1.95. The topological polar surface area (TPSA) is 0 Å². The smallest absolute Gasteiger partial charge is 0 e. The number of benzene rings is 2. The Labute approximate surface area is 126 Å². The van der Waals surface area contributed by atoms with E-state index in [0.29, 0.717) is 0 Å². The van der Waals surface area contributed by atoms with Crippen LogP contribution in [0.5, 0.6) is 0 Å². The van der Waals surface area contributed by atoms with Gasteiger partial charge in [-0.2, -0.15) is 0 Å². The molecule has 0 N–H and O–H groups in total. The summed E-state index contributed by atoms with van der Waals surface area (Å²) in [5, 5.41) is 4.08. The zero-order valence-electron chi connectivity index (χ0n) is 12.5. The molecule has 0 fully saturated rings. The van der Waals surface area contributed by atoms with E-state index in [4.69, 9.17) is 0 Å². The van der Waals surface area contributed by atoms with Crippen molar-refractivity contribution in [2.24, 2.45) is 5.41 Å². The lowest BCUT2D eigenvalue weighted by molar-refractivity contribution is 0.533. The van der Waals surface area contributed by atoms with Gasteiger partial charge < -0.3 is 0 Å². The van der Waals surface area contributed by atoms with Crippen LogP contribution in [0.25, 0.3) is 0 Å². The predicted octanol–water partition coefficient (Wildman–Crippen LogP) is 4.30. The van der Waals surface area contributed by atoms with Gasteiger partial charge in [0.05, 0.1) is 0 Å². The minimum atomic E-state index is -0.495. The van der Waals surface area contributed by atoms with Gasteiger partial charge in [-0.25, -0.2) is 0 Å². The van der Waals surface area contributed by atoms with E-state index in [0.717, 1.165) is 0 Å². The van der Waals surface area contributed by atoms with Crippen LogP contribution in [0.15, 0.2) is 72.6 Å². The van der Waals surface area contributed by atoms with E-state index in [1.165, 1.54) is 15.9 Å². The van der Waals surface area contributed by atoms with Crippen LogP contribution < -0.4 is 10.6 Å². The van der Waals surface area contributed by atoms with E-state index >= 15 is 0 Å². The highest BCUT2D eigenvalue weighted by molar-refractivity contribution is 7.76. The van der Waals surface area contributed by atoms with Crippen LogP contribution in [0.1, 0.15) is 20.8 Å². The summed E-state index contributed by atoms with van der Waals surface area (Å²) in [6.45, 7) is 11.1. The maximum Gasteiger partial charge on any atom is 0 e. The van der Waals surface area contributed by atoms with E-state index in [2.05, 4.69) is 88.0 Å². The highest BCUT2D eigenvalue weighted by Crippen LogP contribution is 2.50. The molecule has 0 heterocycles. The quantitative estimate of drug-likeness (QED) is 0.580. The lowest BCUT2D eigenvalue weighted by Crippen LogP contribution is -2.19. The molecule has 2 heteroatoms. The molecule has 2 aromatic carbocycles. The molecule has 0 aliphatic rings. The first kappa shape index (κ1) is 16.7. The Morgan fingerprint density at radius 1 is 0.800 bits per heavy atom. The minimum Gasteiger partial charge on any atom is -0.0942 e. The molecule has 0 unspecified atom stereocenters. The Morgan fingerprint density at radius 3 is 1.45 bits per heavy atom. The fourth-order valence-corrected chi connectivity index (χ4v) is 4.48. The highest BCUT2D eigenvalue weighted by Gasteiger charge is 2.25. The fraction of sp³-hybridized carbons (Fsp3) is 0.222. The summed E-state index contributed by atoms with van der Waals surface area (Å²) in [6, 6.07) is 21.5. The Kier molecular flexibility index (Phi) is 5.78. The van der Waals surface area contributed by atoms with Crippen molar-refractivity contribution >= 4 is 26.9 Å². The minimum absolute atomic E-state index is 0. The molecular weight excluding hydrogens is 258 g/mol. The van der Waals surface area contributed by atoms with E-state index in [-0.39, 0.29) is 13.8 Å². The summed E-state index contributed by atoms with van der Waals surface area (Å²) < 4.78 is 0. The van der Waals surface area contributed by atoms with Crippen LogP contribution >= 0.6 is 7.92 Å². The monoisotopic (exact) mass is 279 g/mol. The molecule has 0 atom stereocenters. The molecule has 0 spiro atoms. The first-order valence-electron chi connectivity index (χ1n) is 6.60. The zero-order valence-corrected chi connectivity index (χ0v) is 13.4. The molecule has 0 aliphatic heterocycles. The van der Waals surface area contributed by atoms with Gasteiger partial charge in [0.15, 0.2) is 0 Å². The molecule has 0 saturated heterocycles. The molecule has 0 nitrogen and oxygen atoms in total. The summed E-state index contributed by atoms with van der Waals surface area (Å²) in [6.07, 6.45) is 0. The molecule has 3 radical (unpaired) electrons. The van der Waals surface area contributed by atoms with E-state index in [1.54, 1.807) is 0 Å². The third-order valence-electron chi connectivity index (χ3n) is 3.16. The predicted molar refractivity (Wildman–Crippen MR) is 93.4 cm³/mol. The molecule has 0 bridgehead atoms. The number of allylic oxidation sites excluding steroid dienone is 1. The Morgan fingerprint density at radius 2 is 1.15 bits per heavy atom. The second-order valence-corrected chi connectivity index (χ2v) is 7.95. The maximum atomic E-state index is 4.41. The van der Waals surface area contributed by atoms with Crippen molar-refractivity contribution in [3.63, 3.8) is 0 Å². The average Bonchev–Trinajstić information content (AvgIpc) is 2.40. The van der Waals surface area contributed by atoms with Crippen LogP contribution in [0.2, 0.25) is 0 Å². The van der Waals surface area contributed by atoms with E-state index in [9.17, 15) is 0 Å². The number of rotatable bonds is 3. The molecule has 101 valence electrons. The van der Waals surface area contributed by atoms with Crippen molar-refractivity contribution in [2.75, 3.05) is 0 Å². The van der Waals surface area contributed by atoms with Gasteiger partial charge in [0.25, 0.3) is 0 Å². The zero-order chi connectivity index (χ0) is 13.9. The summed E-state index contributed by atoms with van der Waals surface area (Å²) in [5.74, 6) is 0. The van der Waals surface area contributed by atoms with Crippen molar-refractivity contribution in [1.29, 1.82) is 0 Å². The first-order chi connectivity index (χ1) is 9.00. The van der Waals surface area contributed by atoms with Crippen LogP contribution in [-0.4, -0.2) is 8.41 Å².